The van der Waals surface area contributed by atoms with E-state index in [1.807, 2.05) is 24.4 Å². The van der Waals surface area contributed by atoms with Crippen LogP contribution in [-0.4, -0.2) is 72.2 Å². The van der Waals surface area contributed by atoms with Crippen LogP contribution >= 0.6 is 0 Å². The fourth-order valence-corrected chi connectivity index (χ4v) is 5.23. The molecule has 1 aliphatic heterocycles. The second-order valence-corrected chi connectivity index (χ2v) is 10.0. The number of fused-ring (bicyclic) bond motifs is 1. The number of anilines is 2. The van der Waals surface area contributed by atoms with Crippen molar-refractivity contribution in [2.75, 3.05) is 48.3 Å². The quantitative estimate of drug-likeness (QED) is 0.433. The first-order chi connectivity index (χ1) is 16.0. The highest BCUT2D eigenvalue weighted by molar-refractivity contribution is 7.91. The summed E-state index contributed by atoms with van der Waals surface area (Å²) in [6, 6.07) is 13.1. The zero-order chi connectivity index (χ0) is 22.8. The summed E-state index contributed by atoms with van der Waals surface area (Å²) >= 11 is 0. The van der Waals surface area contributed by atoms with E-state index in [0.29, 0.717) is 0 Å². The van der Waals surface area contributed by atoms with E-state index in [0.717, 1.165) is 59.7 Å². The molecule has 0 aliphatic carbocycles. The number of piperazine rings is 1. The summed E-state index contributed by atoms with van der Waals surface area (Å²) in [6.07, 6.45) is 5.24. The molecule has 0 atom stereocenters. The number of nitrogens with zero attached hydrogens (tertiary/aromatic N) is 5. The zero-order valence-corrected chi connectivity index (χ0v) is 18.7. The Morgan fingerprint density at radius 2 is 1.76 bits per heavy atom. The van der Waals surface area contributed by atoms with Crippen LogP contribution in [0.25, 0.3) is 22.0 Å². The summed E-state index contributed by atoms with van der Waals surface area (Å²) in [7, 11) is -3.48. The number of H-pyrrole nitrogens is 1. The van der Waals surface area contributed by atoms with E-state index in [9.17, 15) is 8.42 Å². The molecule has 0 spiro atoms. The lowest BCUT2D eigenvalue weighted by Gasteiger charge is -2.37. The van der Waals surface area contributed by atoms with Crippen molar-refractivity contribution < 1.29 is 13.5 Å². The van der Waals surface area contributed by atoms with Gasteiger partial charge in [-0.2, -0.15) is 5.10 Å². The van der Waals surface area contributed by atoms with Gasteiger partial charge in [0.25, 0.3) is 0 Å². The molecule has 0 amide bonds. The summed E-state index contributed by atoms with van der Waals surface area (Å²) < 4.78 is 24.7. The zero-order valence-electron chi connectivity index (χ0n) is 17.9. The Balaban J connectivity index is 0.00000274. The third-order valence-electron chi connectivity index (χ3n) is 5.93. The number of aromatic nitrogens is 4. The summed E-state index contributed by atoms with van der Waals surface area (Å²) in [5.74, 6) is 0.621. The smallest absolute Gasteiger partial charge is 0.180 e. The molecule has 0 saturated carbocycles. The molecule has 178 valence electrons. The predicted octanol–water partition coefficient (Wildman–Crippen LogP) is 2.75. The molecule has 0 radical (unpaired) electrons. The molecule has 5 rings (SSSR count). The van der Waals surface area contributed by atoms with Gasteiger partial charge in [-0.05, 0) is 35.9 Å². The summed E-state index contributed by atoms with van der Waals surface area (Å²) in [6.45, 7) is 2.57. The average Bonchev–Trinajstić information content (AvgIpc) is 3.39. The maximum absolute atomic E-state index is 12.3. The minimum Gasteiger partial charge on any atom is -0.395 e. The molecule has 0 unspecified atom stereocenters. The highest BCUT2D eigenvalue weighted by atomic mass is 32.2. The van der Waals surface area contributed by atoms with Gasteiger partial charge in [0.05, 0.1) is 29.0 Å². The fourth-order valence-electron chi connectivity index (χ4n) is 4.17. The van der Waals surface area contributed by atoms with Crippen molar-refractivity contribution in [2.45, 2.75) is 12.3 Å². The van der Waals surface area contributed by atoms with E-state index >= 15 is 0 Å². The van der Waals surface area contributed by atoms with Crippen molar-refractivity contribution in [1.82, 2.24) is 20.2 Å². The highest BCUT2D eigenvalue weighted by Crippen LogP contribution is 2.30. The monoisotopic (exact) mass is 480 g/mol. The van der Waals surface area contributed by atoms with Crippen LogP contribution in [-0.2, 0) is 9.84 Å². The first-order valence-electron chi connectivity index (χ1n) is 10.7. The molecule has 4 aromatic rings. The molecule has 34 heavy (non-hydrogen) atoms. The van der Waals surface area contributed by atoms with Crippen LogP contribution in [0, 0.1) is 0 Å². The van der Waals surface area contributed by atoms with Gasteiger partial charge in [-0.3, -0.25) is 5.10 Å². The van der Waals surface area contributed by atoms with Crippen LogP contribution in [0.1, 0.15) is 7.43 Å². The molecule has 1 fully saturated rings. The number of hydrogen-bond donors (Lipinski definition) is 2. The lowest BCUT2D eigenvalue weighted by atomic mass is 10.1. The summed E-state index contributed by atoms with van der Waals surface area (Å²) in [4.78, 5) is 13.7. The highest BCUT2D eigenvalue weighted by Gasteiger charge is 2.22. The van der Waals surface area contributed by atoms with Gasteiger partial charge in [0.15, 0.2) is 9.84 Å². The number of hydrogen-bond acceptors (Lipinski definition) is 8. The molecule has 2 N–H and O–H groups in total. The lowest BCUT2D eigenvalue weighted by molar-refractivity contribution is 0.319. The van der Waals surface area contributed by atoms with Gasteiger partial charge >= 0.3 is 0 Å². The minimum atomic E-state index is -3.48. The number of sulfone groups is 1. The molecule has 2 aromatic heterocycles. The first kappa shape index (κ1) is 23.7. The molecule has 2 aromatic carbocycles. The second-order valence-electron chi connectivity index (χ2n) is 7.93. The fraction of sp³-hybridized carbons (Fsp3) is 0.292. The number of benzene rings is 2. The largest absolute Gasteiger partial charge is 0.395 e. The molecule has 1 saturated heterocycles. The maximum Gasteiger partial charge on any atom is 0.180 e. The van der Waals surface area contributed by atoms with Gasteiger partial charge in [-0.15, -0.1) is 0 Å². The molecule has 1 aliphatic rings. The Morgan fingerprint density at radius 1 is 0.971 bits per heavy atom. The molecular formula is C24H28N6O3S. The average molecular weight is 481 g/mol. The van der Waals surface area contributed by atoms with Crippen LogP contribution < -0.4 is 9.80 Å². The molecule has 3 heterocycles. The van der Waals surface area contributed by atoms with Crippen LogP contribution in [0.3, 0.4) is 0 Å². The number of aromatic amines is 1. The van der Waals surface area contributed by atoms with Gasteiger partial charge in [0, 0.05) is 49.0 Å². The first-order valence-corrected chi connectivity index (χ1v) is 12.4. The minimum absolute atomic E-state index is 0. The molecule has 0 bridgehead atoms. The van der Waals surface area contributed by atoms with Gasteiger partial charge in [-0.25, -0.2) is 18.4 Å². The number of rotatable bonds is 6. The Kier molecular flexibility index (Phi) is 6.80. The third kappa shape index (κ3) is 4.59. The van der Waals surface area contributed by atoms with Crippen molar-refractivity contribution in [1.29, 1.82) is 0 Å². The molecule has 10 heteroatoms. The van der Waals surface area contributed by atoms with Gasteiger partial charge in [-0.1, -0.05) is 19.6 Å². The van der Waals surface area contributed by atoms with Crippen LogP contribution in [0.2, 0.25) is 0 Å². The Bertz CT molecular complexity index is 1370. The van der Waals surface area contributed by atoms with Crippen molar-refractivity contribution >= 4 is 32.2 Å². The second kappa shape index (κ2) is 9.78. The number of aliphatic hydroxyl groups excluding tert-OH is 1. The molecular weight excluding hydrogens is 452 g/mol. The van der Waals surface area contributed by atoms with Crippen LogP contribution in [0.4, 0.5) is 11.5 Å². The topological polar surface area (TPSA) is 115 Å². The Labute approximate surface area is 199 Å². The standard InChI is InChI=1S/C23H24N6O3S.CH4/c30-10-11-33(31,32)20-3-1-2-19(13-20)28-6-8-29(9-7-28)23-21-12-17(18-14-26-27-15-18)4-5-22(21)24-16-25-23;/h1-5,12-16,30H,6-11H2,(H,26,27);1H4. The van der Waals surface area contributed by atoms with E-state index in [1.165, 1.54) is 0 Å². The van der Waals surface area contributed by atoms with E-state index in [1.54, 1.807) is 30.7 Å². The van der Waals surface area contributed by atoms with Gasteiger partial charge < -0.3 is 14.9 Å². The number of nitrogens with one attached hydrogen (secondary N) is 1. The Morgan fingerprint density at radius 3 is 2.50 bits per heavy atom. The van der Waals surface area contributed by atoms with Gasteiger partial charge in [0.2, 0.25) is 0 Å². The Hall–Kier alpha value is -3.50. The van der Waals surface area contributed by atoms with Crippen molar-refractivity contribution in [3.05, 3.63) is 61.2 Å². The van der Waals surface area contributed by atoms with Crippen molar-refractivity contribution in [3.8, 4) is 11.1 Å². The maximum atomic E-state index is 12.3. The molecule has 9 nitrogen and oxygen atoms in total. The SMILES string of the molecule is C.O=S(=O)(CCO)c1cccc(N2CCN(c3ncnc4ccc(-c5cn[nH]c5)cc34)CC2)c1. The van der Waals surface area contributed by atoms with Crippen molar-refractivity contribution in [2.24, 2.45) is 0 Å². The predicted molar refractivity (Wildman–Crippen MR) is 134 cm³/mol. The van der Waals surface area contributed by atoms with Crippen LogP contribution in [0.15, 0.2) is 66.1 Å². The number of aliphatic hydroxyl groups is 1. The van der Waals surface area contributed by atoms with E-state index in [-0.39, 0.29) is 24.7 Å². The van der Waals surface area contributed by atoms with E-state index in [2.05, 4.69) is 36.0 Å². The lowest BCUT2D eigenvalue weighted by Crippen LogP contribution is -2.47. The summed E-state index contributed by atoms with van der Waals surface area (Å²) in [5, 5.41) is 16.9. The van der Waals surface area contributed by atoms with E-state index in [4.69, 9.17) is 5.11 Å². The summed E-state index contributed by atoms with van der Waals surface area (Å²) in [5.41, 5.74) is 3.80. The van der Waals surface area contributed by atoms with E-state index < -0.39 is 9.84 Å². The van der Waals surface area contributed by atoms with Crippen LogP contribution in [0.5, 0.6) is 0 Å². The third-order valence-corrected chi connectivity index (χ3v) is 7.62. The van der Waals surface area contributed by atoms with Crippen molar-refractivity contribution in [3.63, 3.8) is 0 Å². The van der Waals surface area contributed by atoms with Gasteiger partial charge in [0.1, 0.15) is 12.1 Å². The normalized spacial score (nSPS) is 14.3.